The first-order valence-electron chi connectivity index (χ1n) is 10.2. The summed E-state index contributed by atoms with van der Waals surface area (Å²) in [4.78, 5) is 36.7. The van der Waals surface area contributed by atoms with Crippen LogP contribution in [0.5, 0.6) is 0 Å². The van der Waals surface area contributed by atoms with E-state index in [1.54, 1.807) is 11.8 Å². The summed E-state index contributed by atoms with van der Waals surface area (Å²) in [7, 11) is 3.66. The van der Waals surface area contributed by atoms with E-state index in [-0.39, 0.29) is 41.8 Å². The molecule has 2 aliphatic heterocycles. The molecule has 0 aromatic heterocycles. The summed E-state index contributed by atoms with van der Waals surface area (Å²) in [6.45, 7) is 10.3. The van der Waals surface area contributed by atoms with Crippen molar-refractivity contribution in [2.75, 3.05) is 66.5 Å². The van der Waals surface area contributed by atoms with Crippen LogP contribution in [0.15, 0.2) is 4.99 Å². The highest BCUT2D eigenvalue weighted by atomic mass is 127. The molecule has 0 radical (unpaired) electrons. The second kappa shape index (κ2) is 12.5. The minimum Gasteiger partial charge on any atom is -0.357 e. The minimum atomic E-state index is 0. The maximum absolute atomic E-state index is 12.3. The Bertz CT molecular complexity index is 535. The molecule has 2 aliphatic rings. The Morgan fingerprint density at radius 3 is 2.32 bits per heavy atom. The SMILES string of the molecule is CCNC(=NCCCN1CCCC1C(=O)N(C)C)N1CCN(C(C)=O)CC1.I. The number of carbonyl (C=O) groups excluding carboxylic acids is 2. The monoisotopic (exact) mass is 508 g/mol. The molecule has 162 valence electrons. The molecule has 0 aromatic carbocycles. The van der Waals surface area contributed by atoms with E-state index >= 15 is 0 Å². The summed E-state index contributed by atoms with van der Waals surface area (Å²) in [5.74, 6) is 1.29. The lowest BCUT2D eigenvalue weighted by Gasteiger charge is -2.36. The van der Waals surface area contributed by atoms with E-state index in [1.807, 2.05) is 19.0 Å². The molecular formula is C19H37IN6O2. The van der Waals surface area contributed by atoms with Gasteiger partial charge in [-0.2, -0.15) is 0 Å². The van der Waals surface area contributed by atoms with Crippen LogP contribution in [0.3, 0.4) is 0 Å². The molecule has 0 bridgehead atoms. The minimum absolute atomic E-state index is 0. The Morgan fingerprint density at radius 1 is 1.11 bits per heavy atom. The first kappa shape index (κ1) is 24.9. The zero-order valence-electron chi connectivity index (χ0n) is 17.8. The number of aliphatic imine (C=N–C) groups is 1. The number of guanidine groups is 1. The fourth-order valence-electron chi connectivity index (χ4n) is 3.79. The van der Waals surface area contributed by atoms with Crippen molar-refractivity contribution in [3.63, 3.8) is 0 Å². The van der Waals surface area contributed by atoms with Crippen molar-refractivity contribution in [1.29, 1.82) is 0 Å². The lowest BCUT2D eigenvalue weighted by Crippen LogP contribution is -2.53. The molecule has 2 saturated heterocycles. The first-order chi connectivity index (χ1) is 12.9. The van der Waals surface area contributed by atoms with Crippen LogP contribution in [0.1, 0.15) is 33.1 Å². The van der Waals surface area contributed by atoms with E-state index in [4.69, 9.17) is 4.99 Å². The van der Waals surface area contributed by atoms with Crippen molar-refractivity contribution in [3.05, 3.63) is 0 Å². The molecule has 8 nitrogen and oxygen atoms in total. The number of amides is 2. The van der Waals surface area contributed by atoms with Crippen LogP contribution in [0.2, 0.25) is 0 Å². The van der Waals surface area contributed by atoms with Gasteiger partial charge in [-0.05, 0) is 32.7 Å². The third-order valence-electron chi connectivity index (χ3n) is 5.31. The molecule has 1 unspecified atom stereocenters. The smallest absolute Gasteiger partial charge is 0.239 e. The molecule has 0 aliphatic carbocycles. The van der Waals surface area contributed by atoms with Crippen LogP contribution < -0.4 is 5.32 Å². The Kier molecular flexibility index (Phi) is 11.1. The number of likely N-dealkylation sites (N-methyl/N-ethyl adjacent to an activating group) is 1. The topological polar surface area (TPSA) is 71.5 Å². The summed E-state index contributed by atoms with van der Waals surface area (Å²) in [6.07, 6.45) is 3.00. The van der Waals surface area contributed by atoms with Crippen molar-refractivity contribution in [1.82, 2.24) is 24.9 Å². The number of nitrogens with one attached hydrogen (secondary N) is 1. The Balaban J connectivity index is 0.00000392. The number of likely N-dealkylation sites (tertiary alicyclic amines) is 1. The Labute approximate surface area is 186 Å². The van der Waals surface area contributed by atoms with E-state index in [9.17, 15) is 9.59 Å². The third-order valence-corrected chi connectivity index (χ3v) is 5.31. The maximum atomic E-state index is 12.3. The fraction of sp³-hybridized carbons (Fsp3) is 0.842. The van der Waals surface area contributed by atoms with Crippen LogP contribution in [0, 0.1) is 0 Å². The summed E-state index contributed by atoms with van der Waals surface area (Å²) in [6, 6.07) is 0.0388. The molecule has 2 rings (SSSR count). The predicted octanol–water partition coefficient (Wildman–Crippen LogP) is 0.677. The van der Waals surface area contributed by atoms with Crippen LogP contribution in [0.4, 0.5) is 0 Å². The summed E-state index contributed by atoms with van der Waals surface area (Å²) < 4.78 is 0. The number of piperazine rings is 1. The van der Waals surface area contributed by atoms with Gasteiger partial charge in [0.1, 0.15) is 0 Å². The van der Waals surface area contributed by atoms with E-state index in [1.165, 1.54) is 0 Å². The molecule has 9 heteroatoms. The van der Waals surface area contributed by atoms with Crippen molar-refractivity contribution in [3.8, 4) is 0 Å². The van der Waals surface area contributed by atoms with Gasteiger partial charge in [0.2, 0.25) is 11.8 Å². The fourth-order valence-corrected chi connectivity index (χ4v) is 3.79. The van der Waals surface area contributed by atoms with Gasteiger partial charge < -0.3 is 20.0 Å². The number of carbonyl (C=O) groups is 2. The van der Waals surface area contributed by atoms with Gasteiger partial charge in [-0.15, -0.1) is 24.0 Å². The zero-order valence-corrected chi connectivity index (χ0v) is 20.1. The van der Waals surface area contributed by atoms with E-state index in [0.29, 0.717) is 0 Å². The third kappa shape index (κ3) is 7.06. The molecule has 0 spiro atoms. The number of nitrogens with zero attached hydrogens (tertiary/aromatic N) is 5. The van der Waals surface area contributed by atoms with Crippen molar-refractivity contribution in [2.24, 2.45) is 4.99 Å². The highest BCUT2D eigenvalue weighted by Gasteiger charge is 2.31. The second-order valence-electron chi connectivity index (χ2n) is 7.51. The average molecular weight is 508 g/mol. The lowest BCUT2D eigenvalue weighted by molar-refractivity contribution is -0.133. The van der Waals surface area contributed by atoms with Gasteiger partial charge in [-0.1, -0.05) is 0 Å². The molecule has 1 atom stereocenters. The molecule has 28 heavy (non-hydrogen) atoms. The lowest BCUT2D eigenvalue weighted by atomic mass is 10.2. The normalized spacial score (nSPS) is 20.7. The highest BCUT2D eigenvalue weighted by molar-refractivity contribution is 14.0. The van der Waals surface area contributed by atoms with Crippen LogP contribution in [0.25, 0.3) is 0 Å². The summed E-state index contributed by atoms with van der Waals surface area (Å²) in [5, 5.41) is 3.36. The Morgan fingerprint density at radius 2 is 1.75 bits per heavy atom. The largest absolute Gasteiger partial charge is 0.357 e. The highest BCUT2D eigenvalue weighted by Crippen LogP contribution is 2.18. The van der Waals surface area contributed by atoms with E-state index in [0.717, 1.165) is 77.6 Å². The molecule has 0 aromatic rings. The van der Waals surface area contributed by atoms with Crippen molar-refractivity contribution >= 4 is 41.8 Å². The van der Waals surface area contributed by atoms with Crippen LogP contribution >= 0.6 is 24.0 Å². The summed E-state index contributed by atoms with van der Waals surface area (Å²) >= 11 is 0. The van der Waals surface area contributed by atoms with Gasteiger partial charge in [0, 0.05) is 66.8 Å². The number of halogens is 1. The molecule has 2 heterocycles. The van der Waals surface area contributed by atoms with Crippen LogP contribution in [-0.2, 0) is 9.59 Å². The van der Waals surface area contributed by atoms with Gasteiger partial charge in [0.05, 0.1) is 6.04 Å². The number of hydrogen-bond acceptors (Lipinski definition) is 4. The zero-order chi connectivity index (χ0) is 19.8. The quantitative estimate of drug-likeness (QED) is 0.247. The molecule has 0 saturated carbocycles. The summed E-state index contributed by atoms with van der Waals surface area (Å²) in [5.41, 5.74) is 0. The molecular weight excluding hydrogens is 471 g/mol. The second-order valence-corrected chi connectivity index (χ2v) is 7.51. The number of rotatable bonds is 6. The van der Waals surface area contributed by atoms with Gasteiger partial charge in [0.25, 0.3) is 0 Å². The van der Waals surface area contributed by atoms with Gasteiger partial charge in [-0.3, -0.25) is 19.5 Å². The van der Waals surface area contributed by atoms with Gasteiger partial charge >= 0.3 is 0 Å². The molecule has 2 amide bonds. The van der Waals surface area contributed by atoms with Gasteiger partial charge in [0.15, 0.2) is 5.96 Å². The van der Waals surface area contributed by atoms with Crippen LogP contribution in [-0.4, -0.2) is 110 Å². The van der Waals surface area contributed by atoms with Gasteiger partial charge in [-0.25, -0.2) is 0 Å². The molecule has 1 N–H and O–H groups in total. The Hall–Kier alpha value is -1.10. The first-order valence-corrected chi connectivity index (χ1v) is 10.2. The predicted molar refractivity (Wildman–Crippen MR) is 123 cm³/mol. The van der Waals surface area contributed by atoms with Crippen molar-refractivity contribution in [2.45, 2.75) is 39.2 Å². The average Bonchev–Trinajstić information content (AvgIpc) is 3.12. The van der Waals surface area contributed by atoms with E-state index in [2.05, 4.69) is 22.0 Å². The standard InChI is InChI=1S/C19H36N6O2.HI/c1-5-20-19(25-14-12-23(13-15-25)16(2)26)21-9-7-11-24-10-6-8-17(24)18(27)22(3)4;/h17H,5-15H2,1-4H3,(H,20,21);1H. The maximum Gasteiger partial charge on any atom is 0.239 e. The van der Waals surface area contributed by atoms with Crippen molar-refractivity contribution < 1.29 is 9.59 Å². The van der Waals surface area contributed by atoms with E-state index < -0.39 is 0 Å². The molecule has 2 fully saturated rings. The number of hydrogen-bond donors (Lipinski definition) is 1.